The van der Waals surface area contributed by atoms with Crippen LogP contribution in [-0.2, 0) is 22.1 Å². The molecule has 5 rings (SSSR count). The summed E-state index contributed by atoms with van der Waals surface area (Å²) in [5, 5.41) is 6.47. The zero-order valence-corrected chi connectivity index (χ0v) is 24.2. The van der Waals surface area contributed by atoms with Gasteiger partial charge in [0.25, 0.3) is 11.1 Å². The number of likely N-dealkylation sites (tertiary alicyclic amines) is 1. The molecule has 0 aliphatic carbocycles. The van der Waals surface area contributed by atoms with Crippen LogP contribution in [0.25, 0.3) is 16.5 Å². The number of amides is 3. The lowest BCUT2D eigenvalue weighted by Crippen LogP contribution is -2.45. The highest BCUT2D eigenvalue weighted by molar-refractivity contribution is 8.18. The van der Waals surface area contributed by atoms with E-state index >= 15 is 4.39 Å². The number of rotatable bonds is 4. The molecule has 14 heteroatoms. The number of H-pyrrole nitrogens is 1. The zero-order chi connectivity index (χ0) is 30.6. The number of fused-ring (bicyclic) bond motifs is 1. The molecule has 8 nitrogen and oxygen atoms in total. The van der Waals surface area contributed by atoms with Crippen molar-refractivity contribution in [2.24, 2.45) is 0 Å². The minimum absolute atomic E-state index is 0.113. The number of ether oxygens (including phenoxy) is 1. The van der Waals surface area contributed by atoms with Crippen molar-refractivity contribution in [2.45, 2.75) is 51.2 Å². The molecular formula is C28H25ClF4N4O4S. The highest BCUT2D eigenvalue weighted by atomic mass is 35.5. The van der Waals surface area contributed by atoms with E-state index in [4.69, 9.17) is 16.3 Å². The van der Waals surface area contributed by atoms with Gasteiger partial charge in [0.2, 0.25) is 0 Å². The van der Waals surface area contributed by atoms with Crippen molar-refractivity contribution in [1.82, 2.24) is 20.0 Å². The Morgan fingerprint density at radius 2 is 1.88 bits per heavy atom. The van der Waals surface area contributed by atoms with E-state index in [0.29, 0.717) is 28.2 Å². The number of carbonyl (C=O) groups excluding carboxylic acids is 3. The van der Waals surface area contributed by atoms with Crippen molar-refractivity contribution in [1.29, 1.82) is 0 Å². The van der Waals surface area contributed by atoms with Gasteiger partial charge in [-0.3, -0.25) is 19.6 Å². The van der Waals surface area contributed by atoms with E-state index in [-0.39, 0.29) is 40.6 Å². The second-order valence-corrected chi connectivity index (χ2v) is 12.4. The molecule has 1 N–H and O–H groups in total. The Morgan fingerprint density at radius 1 is 1.14 bits per heavy atom. The molecule has 2 aliphatic rings. The fourth-order valence-corrected chi connectivity index (χ4v) is 6.08. The molecule has 3 aromatic rings. The maximum Gasteiger partial charge on any atom is 0.416 e. The third kappa shape index (κ3) is 5.98. The number of halogens is 5. The normalized spacial score (nSPS) is 21.0. The lowest BCUT2D eigenvalue weighted by atomic mass is 9.93. The number of alkyl halides is 4. The molecule has 0 unspecified atom stereocenters. The molecule has 2 aromatic carbocycles. The average Bonchev–Trinajstić information content (AvgIpc) is 3.58. The fraction of sp³-hybridized carbons (Fsp3) is 0.357. The lowest BCUT2D eigenvalue weighted by Gasteiger charge is -2.25. The predicted octanol–water partition coefficient (Wildman–Crippen LogP) is 6.84. The molecule has 0 spiro atoms. The summed E-state index contributed by atoms with van der Waals surface area (Å²) in [7, 11) is 0. The molecule has 0 bridgehead atoms. The number of hydrogen-bond donors (Lipinski definition) is 1. The summed E-state index contributed by atoms with van der Waals surface area (Å²) in [6.07, 6.45) is -6.13. The number of hydrogen-bond acceptors (Lipinski definition) is 6. The van der Waals surface area contributed by atoms with E-state index in [2.05, 4.69) is 10.2 Å². The van der Waals surface area contributed by atoms with E-state index < -0.39 is 46.8 Å². The van der Waals surface area contributed by atoms with Crippen LogP contribution in [0.3, 0.4) is 0 Å². The molecule has 222 valence electrons. The number of nitrogens with zero attached hydrogens (tertiary/aromatic N) is 3. The monoisotopic (exact) mass is 624 g/mol. The van der Waals surface area contributed by atoms with Crippen molar-refractivity contribution in [3.05, 3.63) is 69.2 Å². The predicted molar refractivity (Wildman–Crippen MR) is 149 cm³/mol. The van der Waals surface area contributed by atoms with Crippen LogP contribution in [0.1, 0.15) is 37.5 Å². The second kappa shape index (κ2) is 10.9. The van der Waals surface area contributed by atoms with Crippen LogP contribution in [-0.4, -0.2) is 68.1 Å². The van der Waals surface area contributed by atoms with Gasteiger partial charge >= 0.3 is 12.3 Å². The van der Waals surface area contributed by atoms with E-state index in [1.54, 1.807) is 39.0 Å². The molecule has 2 atom stereocenters. The number of benzene rings is 2. The van der Waals surface area contributed by atoms with Crippen LogP contribution < -0.4 is 0 Å². The minimum atomic E-state index is -4.74. The van der Waals surface area contributed by atoms with Gasteiger partial charge in [0.15, 0.2) is 0 Å². The van der Waals surface area contributed by atoms with Crippen LogP contribution in [0.5, 0.6) is 0 Å². The summed E-state index contributed by atoms with van der Waals surface area (Å²) in [5.41, 5.74) is -0.800. The van der Waals surface area contributed by atoms with E-state index in [1.807, 2.05) is 0 Å². The van der Waals surface area contributed by atoms with Crippen LogP contribution in [0.4, 0.5) is 27.2 Å². The summed E-state index contributed by atoms with van der Waals surface area (Å²) >= 11 is 6.39. The highest BCUT2D eigenvalue weighted by Crippen LogP contribution is 2.43. The molecule has 42 heavy (non-hydrogen) atoms. The number of aromatic nitrogens is 2. The Balaban J connectivity index is 1.55. The molecule has 0 saturated carbocycles. The van der Waals surface area contributed by atoms with Crippen LogP contribution in [0.15, 0.2) is 47.5 Å². The van der Waals surface area contributed by atoms with Gasteiger partial charge in [-0.15, -0.1) is 0 Å². The summed E-state index contributed by atoms with van der Waals surface area (Å²) in [4.78, 5) is 41.2. The fourth-order valence-electron chi connectivity index (χ4n) is 4.92. The Bertz CT molecular complexity index is 1620. The first-order valence-corrected chi connectivity index (χ1v) is 14.0. The first kappa shape index (κ1) is 29.9. The summed E-state index contributed by atoms with van der Waals surface area (Å²) < 4.78 is 62.4. The number of imide groups is 1. The molecule has 3 amide bonds. The largest absolute Gasteiger partial charge is 0.444 e. The Kier molecular flexibility index (Phi) is 7.77. The van der Waals surface area contributed by atoms with E-state index in [1.165, 1.54) is 18.3 Å². The Hall–Kier alpha value is -3.58. The van der Waals surface area contributed by atoms with E-state index in [0.717, 1.165) is 15.9 Å². The molecule has 3 heterocycles. The molecule has 2 aliphatic heterocycles. The minimum Gasteiger partial charge on any atom is -0.444 e. The average molecular weight is 625 g/mol. The number of thioether (sulfide) groups is 1. The topological polar surface area (TPSA) is 95.6 Å². The lowest BCUT2D eigenvalue weighted by molar-refractivity contribution is -0.138. The van der Waals surface area contributed by atoms with Crippen LogP contribution in [0, 0.1) is 0 Å². The third-order valence-electron chi connectivity index (χ3n) is 6.81. The van der Waals surface area contributed by atoms with E-state index in [9.17, 15) is 27.6 Å². The van der Waals surface area contributed by atoms with Crippen LogP contribution in [0.2, 0.25) is 5.02 Å². The summed E-state index contributed by atoms with van der Waals surface area (Å²) in [6.45, 7) is 4.29. The van der Waals surface area contributed by atoms with Gasteiger partial charge in [-0.1, -0.05) is 23.7 Å². The standard InChI is InChI=1S/C28H25ClF4N4O4S/c1-27(2,3)41-25(39)36-12-20(30)22(13-36)37-24(38)23(42-26(37)40)18(14-5-7-21-16(8-14)11-34-35-21)9-15-4-6-17(29)10-19(15)28(31,32)33/h4-8,10-11,20,22H,9,12-13H2,1-3H3,(H,34,35)/t20-,22+/m1/s1. The SMILES string of the molecule is CC(C)(C)OC(=O)N1C[C@@H](F)[C@@H](N2C(=O)SC(=C(Cc3ccc(Cl)cc3C(F)(F)F)c3ccc4[nH]ncc4c3)C2=O)C1. The molecule has 0 radical (unpaired) electrons. The zero-order valence-electron chi connectivity index (χ0n) is 22.6. The third-order valence-corrected chi connectivity index (χ3v) is 8.04. The Morgan fingerprint density at radius 3 is 2.57 bits per heavy atom. The first-order chi connectivity index (χ1) is 19.6. The van der Waals surface area contributed by atoms with Gasteiger partial charge < -0.3 is 9.64 Å². The second-order valence-electron chi connectivity index (χ2n) is 11.0. The van der Waals surface area contributed by atoms with Gasteiger partial charge in [0.05, 0.1) is 34.8 Å². The van der Waals surface area contributed by atoms with Gasteiger partial charge in [-0.25, -0.2) is 9.18 Å². The molecule has 2 saturated heterocycles. The van der Waals surface area contributed by atoms with Crippen LogP contribution >= 0.6 is 23.4 Å². The number of aromatic amines is 1. The van der Waals surface area contributed by atoms with Crippen molar-refractivity contribution >= 4 is 57.1 Å². The number of allylic oxidation sites excluding steroid dienone is 1. The molecular weight excluding hydrogens is 600 g/mol. The maximum atomic E-state index is 15.2. The quantitative estimate of drug-likeness (QED) is 0.252. The number of nitrogens with one attached hydrogen (secondary N) is 1. The molecule has 1 aromatic heterocycles. The van der Waals surface area contributed by atoms with Crippen molar-refractivity contribution in [2.75, 3.05) is 13.1 Å². The summed E-state index contributed by atoms with van der Waals surface area (Å²) in [6, 6.07) is 6.94. The van der Waals surface area contributed by atoms with Gasteiger partial charge in [-0.05, 0) is 79.9 Å². The van der Waals surface area contributed by atoms with Gasteiger partial charge in [-0.2, -0.15) is 18.3 Å². The van der Waals surface area contributed by atoms with Gasteiger partial charge in [0.1, 0.15) is 11.8 Å². The van der Waals surface area contributed by atoms with Crippen molar-refractivity contribution < 1.29 is 36.7 Å². The molecule has 2 fully saturated rings. The van der Waals surface area contributed by atoms with Crippen molar-refractivity contribution in [3.63, 3.8) is 0 Å². The van der Waals surface area contributed by atoms with Crippen molar-refractivity contribution in [3.8, 4) is 0 Å². The smallest absolute Gasteiger partial charge is 0.416 e. The van der Waals surface area contributed by atoms with Gasteiger partial charge in [0, 0.05) is 17.0 Å². The summed E-state index contributed by atoms with van der Waals surface area (Å²) in [5.74, 6) is -0.853. The first-order valence-electron chi connectivity index (χ1n) is 12.8. The maximum absolute atomic E-state index is 15.2. The Labute approximate surface area is 247 Å². The highest BCUT2D eigenvalue weighted by Gasteiger charge is 2.49. The number of carbonyl (C=O) groups is 3.